The normalized spacial score (nSPS) is 13.4. The highest BCUT2D eigenvalue weighted by molar-refractivity contribution is 5.80. The minimum Gasteiger partial charge on any atom is -0.481 e. The summed E-state index contributed by atoms with van der Waals surface area (Å²) in [7, 11) is 0. The molecule has 5 nitrogen and oxygen atoms in total. The summed E-state index contributed by atoms with van der Waals surface area (Å²) in [4.78, 5) is 12.1. The van der Waals surface area contributed by atoms with Crippen molar-refractivity contribution in [3.8, 4) is 5.75 Å². The van der Waals surface area contributed by atoms with Crippen LogP contribution in [0.15, 0.2) is 65.1 Å². The van der Waals surface area contributed by atoms with Gasteiger partial charge in [0.05, 0.1) is 0 Å². The third-order valence-corrected chi connectivity index (χ3v) is 3.92. The first kappa shape index (κ1) is 17.0. The molecule has 0 bridgehead atoms. The number of ether oxygens (including phenoxy) is 1. The molecule has 3 rings (SSSR count). The number of hydrogen-bond donors (Lipinski definition) is 2. The molecule has 2 atom stereocenters. The van der Waals surface area contributed by atoms with Gasteiger partial charge in [0.25, 0.3) is 5.91 Å². The molecule has 2 aromatic carbocycles. The van der Waals surface area contributed by atoms with E-state index >= 15 is 0 Å². The molecule has 1 amide bonds. The lowest BCUT2D eigenvalue weighted by molar-refractivity contribution is -0.127. The van der Waals surface area contributed by atoms with Crippen molar-refractivity contribution in [1.29, 1.82) is 0 Å². The van der Waals surface area contributed by atoms with Gasteiger partial charge in [-0.05, 0) is 37.6 Å². The van der Waals surface area contributed by atoms with Gasteiger partial charge >= 0.3 is 0 Å². The molecule has 0 aliphatic heterocycles. The van der Waals surface area contributed by atoms with Gasteiger partial charge in [0, 0.05) is 11.9 Å². The number of aliphatic hydroxyl groups is 1. The molecule has 0 saturated heterocycles. The number of para-hydroxylation sites is 2. The summed E-state index contributed by atoms with van der Waals surface area (Å²) in [6, 6.07) is 18.6. The fraction of sp³-hybridized carbons (Fsp3) is 0.250. The first-order chi connectivity index (χ1) is 12.1. The van der Waals surface area contributed by atoms with Crippen molar-refractivity contribution in [3.05, 3.63) is 66.4 Å². The third-order valence-electron chi connectivity index (χ3n) is 3.92. The molecule has 0 radical (unpaired) electrons. The summed E-state index contributed by atoms with van der Waals surface area (Å²) in [5, 5.41) is 14.0. The van der Waals surface area contributed by atoms with E-state index in [1.807, 2.05) is 48.5 Å². The zero-order valence-electron chi connectivity index (χ0n) is 14.0. The Kier molecular flexibility index (Phi) is 5.36. The average Bonchev–Trinajstić information content (AvgIpc) is 3.06. The maximum absolute atomic E-state index is 12.1. The molecule has 0 fully saturated rings. The Morgan fingerprint density at radius 3 is 2.64 bits per heavy atom. The van der Waals surface area contributed by atoms with E-state index in [0.29, 0.717) is 24.5 Å². The molecular formula is C20H21NO4. The van der Waals surface area contributed by atoms with E-state index in [1.165, 1.54) is 0 Å². The maximum Gasteiger partial charge on any atom is 0.260 e. The van der Waals surface area contributed by atoms with Crippen LogP contribution in [0.5, 0.6) is 5.75 Å². The molecule has 0 saturated carbocycles. The Morgan fingerprint density at radius 1 is 1.16 bits per heavy atom. The number of nitrogens with one attached hydrogen (secondary N) is 1. The van der Waals surface area contributed by atoms with E-state index in [2.05, 4.69) is 5.32 Å². The van der Waals surface area contributed by atoms with Gasteiger partial charge in [-0.3, -0.25) is 4.79 Å². The molecule has 3 aromatic rings. The van der Waals surface area contributed by atoms with Gasteiger partial charge in [-0.2, -0.15) is 0 Å². The minimum absolute atomic E-state index is 0.222. The number of rotatable bonds is 7. The van der Waals surface area contributed by atoms with Gasteiger partial charge in [-0.25, -0.2) is 0 Å². The molecule has 1 aromatic heterocycles. The summed E-state index contributed by atoms with van der Waals surface area (Å²) in [6.07, 6.45) is -1.01. The number of aliphatic hydroxyl groups excluding tert-OH is 1. The van der Waals surface area contributed by atoms with Crippen molar-refractivity contribution in [2.24, 2.45) is 0 Å². The summed E-state index contributed by atoms with van der Waals surface area (Å²) >= 11 is 0. The van der Waals surface area contributed by atoms with Crippen LogP contribution in [0.1, 0.15) is 25.2 Å². The van der Waals surface area contributed by atoms with Crippen LogP contribution in [0.3, 0.4) is 0 Å². The molecule has 130 valence electrons. The molecule has 0 spiro atoms. The first-order valence-electron chi connectivity index (χ1n) is 8.29. The summed E-state index contributed by atoms with van der Waals surface area (Å²) in [5.74, 6) is 0.928. The van der Waals surface area contributed by atoms with Crippen molar-refractivity contribution >= 4 is 16.9 Å². The van der Waals surface area contributed by atoms with Crippen LogP contribution in [0.2, 0.25) is 0 Å². The number of fused-ring (bicyclic) bond motifs is 1. The second-order valence-corrected chi connectivity index (χ2v) is 5.86. The van der Waals surface area contributed by atoms with Gasteiger partial charge in [0.1, 0.15) is 23.2 Å². The highest BCUT2D eigenvalue weighted by Gasteiger charge is 2.17. The number of benzene rings is 2. The van der Waals surface area contributed by atoms with E-state index in [9.17, 15) is 9.90 Å². The Balaban J connectivity index is 1.47. The predicted molar refractivity (Wildman–Crippen MR) is 95.3 cm³/mol. The van der Waals surface area contributed by atoms with Crippen molar-refractivity contribution in [3.63, 3.8) is 0 Å². The third kappa shape index (κ3) is 4.39. The van der Waals surface area contributed by atoms with Gasteiger partial charge in [0.15, 0.2) is 6.10 Å². The fourth-order valence-electron chi connectivity index (χ4n) is 2.54. The van der Waals surface area contributed by atoms with Gasteiger partial charge < -0.3 is 19.6 Å². The van der Waals surface area contributed by atoms with Crippen molar-refractivity contribution in [2.75, 3.05) is 6.54 Å². The zero-order chi connectivity index (χ0) is 17.6. The van der Waals surface area contributed by atoms with E-state index in [4.69, 9.17) is 9.15 Å². The smallest absolute Gasteiger partial charge is 0.260 e. The number of amides is 1. The van der Waals surface area contributed by atoms with E-state index in [1.54, 1.807) is 19.1 Å². The van der Waals surface area contributed by atoms with Gasteiger partial charge in [-0.15, -0.1) is 0 Å². The molecule has 1 heterocycles. The van der Waals surface area contributed by atoms with Crippen LogP contribution < -0.4 is 10.1 Å². The largest absolute Gasteiger partial charge is 0.481 e. The number of furan rings is 1. The molecule has 5 heteroatoms. The number of carbonyl (C=O) groups is 1. The van der Waals surface area contributed by atoms with E-state index < -0.39 is 12.2 Å². The second-order valence-electron chi connectivity index (χ2n) is 5.86. The summed E-state index contributed by atoms with van der Waals surface area (Å²) < 4.78 is 11.2. The monoisotopic (exact) mass is 339 g/mol. The van der Waals surface area contributed by atoms with Crippen molar-refractivity contribution in [1.82, 2.24) is 5.32 Å². The Labute approximate surface area is 146 Å². The van der Waals surface area contributed by atoms with Gasteiger partial charge in [-0.1, -0.05) is 36.4 Å². The second kappa shape index (κ2) is 7.85. The molecule has 2 N–H and O–H groups in total. The van der Waals surface area contributed by atoms with Crippen molar-refractivity contribution < 1.29 is 19.1 Å². The van der Waals surface area contributed by atoms with Crippen molar-refractivity contribution in [2.45, 2.75) is 25.6 Å². The SMILES string of the molecule is C[C@@H](Oc1ccccc1)C(=O)NCC[C@H](O)c1cc2ccccc2o1. The lowest BCUT2D eigenvalue weighted by Gasteiger charge is -2.15. The Hall–Kier alpha value is -2.79. The van der Waals surface area contributed by atoms with Gasteiger partial charge in [0.2, 0.25) is 0 Å². The number of hydrogen-bond acceptors (Lipinski definition) is 4. The van der Waals surface area contributed by atoms with Crippen LogP contribution in [0.25, 0.3) is 11.0 Å². The predicted octanol–water partition coefficient (Wildman–Crippen LogP) is 3.44. The lowest BCUT2D eigenvalue weighted by Crippen LogP contribution is -2.37. The molecule has 0 aliphatic carbocycles. The standard InChI is InChI=1S/C20H21NO4/c1-14(24-16-8-3-2-4-9-16)20(23)21-12-11-17(22)19-13-15-7-5-6-10-18(15)25-19/h2-10,13-14,17,22H,11-12H2,1H3,(H,21,23)/t14-,17+/m1/s1. The van der Waals surface area contributed by atoms with E-state index in [0.717, 1.165) is 11.0 Å². The molecular weight excluding hydrogens is 318 g/mol. The Bertz CT molecular complexity index is 795. The quantitative estimate of drug-likeness (QED) is 0.692. The minimum atomic E-state index is -0.766. The molecule has 0 unspecified atom stereocenters. The number of carbonyl (C=O) groups excluding carboxylic acids is 1. The van der Waals surface area contributed by atoms with E-state index in [-0.39, 0.29) is 5.91 Å². The average molecular weight is 339 g/mol. The Morgan fingerprint density at radius 2 is 1.88 bits per heavy atom. The maximum atomic E-state index is 12.1. The van der Waals surface area contributed by atoms with Crippen LogP contribution in [0.4, 0.5) is 0 Å². The molecule has 25 heavy (non-hydrogen) atoms. The van der Waals surface area contributed by atoms with Crippen LogP contribution >= 0.6 is 0 Å². The summed E-state index contributed by atoms with van der Waals surface area (Å²) in [6.45, 7) is 2.03. The first-order valence-corrected chi connectivity index (χ1v) is 8.29. The topological polar surface area (TPSA) is 71.7 Å². The fourth-order valence-corrected chi connectivity index (χ4v) is 2.54. The summed E-state index contributed by atoms with van der Waals surface area (Å²) in [5.41, 5.74) is 0.741. The highest BCUT2D eigenvalue weighted by atomic mass is 16.5. The zero-order valence-corrected chi connectivity index (χ0v) is 14.0. The van der Waals surface area contributed by atoms with Crippen LogP contribution in [-0.4, -0.2) is 23.7 Å². The molecule has 0 aliphatic rings. The van der Waals surface area contributed by atoms with Crippen LogP contribution in [-0.2, 0) is 4.79 Å². The highest BCUT2D eigenvalue weighted by Crippen LogP contribution is 2.25. The lowest BCUT2D eigenvalue weighted by atomic mass is 10.2. The van der Waals surface area contributed by atoms with Crippen LogP contribution in [0, 0.1) is 0 Å².